The zero-order valence-electron chi connectivity index (χ0n) is 11.2. The van der Waals surface area contributed by atoms with Crippen LogP contribution in [0.2, 0.25) is 0 Å². The fraction of sp³-hybridized carbons (Fsp3) is 0.286. The molecule has 0 aliphatic carbocycles. The number of carbonyl (C=O) groups excluding carboxylic acids is 1. The highest BCUT2D eigenvalue weighted by Gasteiger charge is 2.11. The van der Waals surface area contributed by atoms with Crippen LogP contribution in [0.15, 0.2) is 30.6 Å². The summed E-state index contributed by atoms with van der Waals surface area (Å²) in [7, 11) is 0. The number of amides is 1. The van der Waals surface area contributed by atoms with Crippen LogP contribution in [0.1, 0.15) is 28.4 Å². The van der Waals surface area contributed by atoms with Gasteiger partial charge in [0.25, 0.3) is 5.91 Å². The van der Waals surface area contributed by atoms with Crippen molar-refractivity contribution < 1.29 is 4.79 Å². The predicted molar refractivity (Wildman–Crippen MR) is 75.1 cm³/mol. The Hall–Kier alpha value is -2.30. The zero-order chi connectivity index (χ0) is 13.7. The molecule has 0 fully saturated rings. The van der Waals surface area contributed by atoms with E-state index in [-0.39, 0.29) is 5.91 Å². The topological polar surface area (TPSA) is 69.8 Å². The molecule has 0 saturated carbocycles. The second-order valence-corrected chi connectivity index (χ2v) is 4.37. The number of anilines is 1. The molecule has 19 heavy (non-hydrogen) atoms. The number of hydrogen-bond donors (Lipinski definition) is 3. The summed E-state index contributed by atoms with van der Waals surface area (Å²) in [4.78, 5) is 12.2. The summed E-state index contributed by atoms with van der Waals surface area (Å²) < 4.78 is 0. The molecule has 5 heteroatoms. The molecule has 0 aliphatic rings. The van der Waals surface area contributed by atoms with E-state index in [2.05, 4.69) is 20.8 Å². The first kappa shape index (κ1) is 13.1. The Bertz CT molecular complexity index is 549. The lowest BCUT2D eigenvalue weighted by Crippen LogP contribution is -2.24. The van der Waals surface area contributed by atoms with Crippen molar-refractivity contribution in [2.45, 2.75) is 20.4 Å². The summed E-state index contributed by atoms with van der Waals surface area (Å²) in [6.45, 7) is 5.23. The maximum atomic E-state index is 12.2. The van der Waals surface area contributed by atoms with Crippen molar-refractivity contribution in [1.29, 1.82) is 0 Å². The van der Waals surface area contributed by atoms with Gasteiger partial charge in [-0.2, -0.15) is 5.10 Å². The smallest absolute Gasteiger partial charge is 0.253 e. The number of hydrogen-bond acceptors (Lipinski definition) is 3. The Balaban J connectivity index is 2.11. The minimum Gasteiger partial charge on any atom is -0.385 e. The van der Waals surface area contributed by atoms with Gasteiger partial charge in [0.2, 0.25) is 0 Å². The van der Waals surface area contributed by atoms with Crippen molar-refractivity contribution in [3.63, 3.8) is 0 Å². The van der Waals surface area contributed by atoms with Crippen LogP contribution < -0.4 is 10.6 Å². The van der Waals surface area contributed by atoms with E-state index in [1.807, 2.05) is 32.0 Å². The highest BCUT2D eigenvalue weighted by molar-refractivity contribution is 5.99. The van der Waals surface area contributed by atoms with E-state index in [1.165, 1.54) is 0 Å². The average molecular weight is 258 g/mol. The number of nitrogens with zero attached hydrogens (tertiary/aromatic N) is 1. The molecular formula is C14H18N4O. The number of carbonyl (C=O) groups is 1. The number of nitrogens with one attached hydrogen (secondary N) is 3. The van der Waals surface area contributed by atoms with Gasteiger partial charge in [0.15, 0.2) is 0 Å². The van der Waals surface area contributed by atoms with Crippen LogP contribution in [0.4, 0.5) is 5.69 Å². The van der Waals surface area contributed by atoms with E-state index in [9.17, 15) is 4.79 Å². The summed E-state index contributed by atoms with van der Waals surface area (Å²) in [5, 5.41) is 12.7. The molecule has 2 rings (SSSR count). The van der Waals surface area contributed by atoms with E-state index < -0.39 is 0 Å². The first-order chi connectivity index (χ1) is 9.20. The number of aryl methyl sites for hydroxylation is 1. The maximum absolute atomic E-state index is 12.2. The van der Waals surface area contributed by atoms with E-state index in [1.54, 1.807) is 12.4 Å². The van der Waals surface area contributed by atoms with Crippen LogP contribution in [0.3, 0.4) is 0 Å². The molecule has 0 aliphatic heterocycles. The fourth-order valence-corrected chi connectivity index (χ4v) is 1.84. The van der Waals surface area contributed by atoms with Gasteiger partial charge < -0.3 is 10.6 Å². The minimum atomic E-state index is -0.0825. The van der Waals surface area contributed by atoms with Crippen LogP contribution in [0.5, 0.6) is 0 Å². The molecule has 0 radical (unpaired) electrons. The van der Waals surface area contributed by atoms with E-state index in [0.717, 1.165) is 23.4 Å². The van der Waals surface area contributed by atoms with Gasteiger partial charge in [-0.1, -0.05) is 11.6 Å². The molecule has 0 spiro atoms. The molecule has 0 bridgehead atoms. The first-order valence-corrected chi connectivity index (χ1v) is 6.31. The monoisotopic (exact) mass is 258 g/mol. The lowest BCUT2D eigenvalue weighted by Gasteiger charge is -2.11. The van der Waals surface area contributed by atoms with Gasteiger partial charge in [-0.05, 0) is 26.0 Å². The van der Waals surface area contributed by atoms with Crippen molar-refractivity contribution in [2.24, 2.45) is 0 Å². The van der Waals surface area contributed by atoms with Gasteiger partial charge in [-0.3, -0.25) is 9.89 Å². The fourth-order valence-electron chi connectivity index (χ4n) is 1.84. The average Bonchev–Trinajstić information content (AvgIpc) is 2.91. The highest BCUT2D eigenvalue weighted by Crippen LogP contribution is 2.17. The van der Waals surface area contributed by atoms with Gasteiger partial charge in [-0.25, -0.2) is 0 Å². The Labute approximate surface area is 112 Å². The van der Waals surface area contributed by atoms with Crippen molar-refractivity contribution >= 4 is 11.6 Å². The third-order valence-electron chi connectivity index (χ3n) is 2.79. The predicted octanol–water partition coefficient (Wildman–Crippen LogP) is 2.08. The lowest BCUT2D eigenvalue weighted by molar-refractivity contribution is 0.0951. The number of benzene rings is 1. The summed E-state index contributed by atoms with van der Waals surface area (Å²) in [5.74, 6) is -0.0825. The Morgan fingerprint density at radius 1 is 1.42 bits per heavy atom. The van der Waals surface area contributed by atoms with Crippen molar-refractivity contribution in [3.05, 3.63) is 47.3 Å². The Kier molecular flexibility index (Phi) is 4.18. The third-order valence-corrected chi connectivity index (χ3v) is 2.79. The lowest BCUT2D eigenvalue weighted by atomic mass is 10.1. The zero-order valence-corrected chi connectivity index (χ0v) is 11.2. The second kappa shape index (κ2) is 6.04. The van der Waals surface area contributed by atoms with Crippen molar-refractivity contribution in [1.82, 2.24) is 15.5 Å². The highest BCUT2D eigenvalue weighted by atomic mass is 16.1. The SMILES string of the molecule is CCNc1ccc(C)cc1C(=O)NCc1cn[nH]c1. The molecule has 0 atom stereocenters. The van der Waals surface area contributed by atoms with E-state index in [4.69, 9.17) is 0 Å². The van der Waals surface area contributed by atoms with Gasteiger partial charge >= 0.3 is 0 Å². The molecule has 2 aromatic rings. The Morgan fingerprint density at radius 2 is 2.26 bits per heavy atom. The Morgan fingerprint density at radius 3 is 2.95 bits per heavy atom. The molecule has 3 N–H and O–H groups in total. The molecule has 1 amide bonds. The van der Waals surface area contributed by atoms with Crippen LogP contribution in [-0.4, -0.2) is 22.6 Å². The number of aromatic amines is 1. The van der Waals surface area contributed by atoms with Crippen LogP contribution in [0, 0.1) is 6.92 Å². The first-order valence-electron chi connectivity index (χ1n) is 6.31. The maximum Gasteiger partial charge on any atom is 0.253 e. The normalized spacial score (nSPS) is 10.2. The van der Waals surface area contributed by atoms with E-state index in [0.29, 0.717) is 12.1 Å². The molecule has 0 saturated heterocycles. The molecule has 0 unspecified atom stereocenters. The number of rotatable bonds is 5. The van der Waals surface area contributed by atoms with Gasteiger partial charge in [-0.15, -0.1) is 0 Å². The standard InChI is InChI=1S/C14H18N4O/c1-3-15-13-5-4-10(2)6-12(13)14(19)16-7-11-8-17-18-9-11/h4-6,8-9,15H,3,7H2,1-2H3,(H,16,19)(H,17,18). The van der Waals surface area contributed by atoms with Crippen molar-refractivity contribution in [2.75, 3.05) is 11.9 Å². The number of H-pyrrole nitrogens is 1. The van der Waals surface area contributed by atoms with E-state index >= 15 is 0 Å². The number of aromatic nitrogens is 2. The largest absolute Gasteiger partial charge is 0.385 e. The van der Waals surface area contributed by atoms with Crippen LogP contribution in [0.25, 0.3) is 0 Å². The second-order valence-electron chi connectivity index (χ2n) is 4.37. The molecule has 5 nitrogen and oxygen atoms in total. The van der Waals surface area contributed by atoms with Crippen LogP contribution in [-0.2, 0) is 6.54 Å². The third kappa shape index (κ3) is 3.34. The summed E-state index contributed by atoms with van der Waals surface area (Å²) in [6.07, 6.45) is 3.46. The molecular weight excluding hydrogens is 240 g/mol. The molecule has 100 valence electrons. The quantitative estimate of drug-likeness (QED) is 0.769. The van der Waals surface area contributed by atoms with Crippen molar-refractivity contribution in [3.8, 4) is 0 Å². The van der Waals surface area contributed by atoms with Crippen LogP contribution >= 0.6 is 0 Å². The summed E-state index contributed by atoms with van der Waals surface area (Å²) >= 11 is 0. The summed E-state index contributed by atoms with van der Waals surface area (Å²) in [5.41, 5.74) is 3.55. The molecule has 1 aromatic carbocycles. The van der Waals surface area contributed by atoms with Gasteiger partial charge in [0, 0.05) is 30.5 Å². The van der Waals surface area contributed by atoms with Gasteiger partial charge in [0.05, 0.1) is 11.8 Å². The molecule has 1 heterocycles. The summed E-state index contributed by atoms with van der Waals surface area (Å²) in [6, 6.07) is 5.82. The minimum absolute atomic E-state index is 0.0825. The van der Waals surface area contributed by atoms with Gasteiger partial charge in [0.1, 0.15) is 0 Å². The molecule has 1 aromatic heterocycles.